The number of nitrogens with zero attached hydrogens (tertiary/aromatic N) is 1. The number of nitro groups is 1. The van der Waals surface area contributed by atoms with E-state index < -0.39 is 4.92 Å². The zero-order valence-electron chi connectivity index (χ0n) is 10.1. The first-order valence-electron chi connectivity index (χ1n) is 5.69. The van der Waals surface area contributed by atoms with Crippen LogP contribution in [0, 0.1) is 10.1 Å². The molecular weight excluding hydrogens is 304 g/mol. The van der Waals surface area contributed by atoms with Gasteiger partial charge in [0.05, 0.1) is 15.3 Å². The number of nitrogens with one attached hydrogen (secondary N) is 1. The Hall–Kier alpha value is -1.99. The number of nitro benzene ring substituents is 1. The monoisotopic (exact) mass is 312 g/mol. The molecule has 0 saturated heterocycles. The highest BCUT2D eigenvalue weighted by Gasteiger charge is 2.23. The highest BCUT2D eigenvalue weighted by Crippen LogP contribution is 2.40. The molecule has 0 aliphatic carbocycles. The fourth-order valence-corrected chi connectivity index (χ4v) is 2.88. The fourth-order valence-electron chi connectivity index (χ4n) is 1.85. The first-order valence-corrected chi connectivity index (χ1v) is 6.89. The molecule has 0 fully saturated rings. The van der Waals surface area contributed by atoms with E-state index in [-0.39, 0.29) is 12.5 Å². The quantitative estimate of drug-likeness (QED) is 0.689. The molecule has 20 heavy (non-hydrogen) atoms. The molecule has 1 aliphatic rings. The van der Waals surface area contributed by atoms with Crippen molar-refractivity contribution in [2.75, 3.05) is 12.1 Å². The van der Waals surface area contributed by atoms with E-state index in [1.165, 1.54) is 17.4 Å². The molecule has 6 nitrogen and oxygen atoms in total. The van der Waals surface area contributed by atoms with Crippen LogP contribution in [0.15, 0.2) is 24.3 Å². The van der Waals surface area contributed by atoms with E-state index in [0.717, 1.165) is 4.88 Å². The lowest BCUT2D eigenvalue weighted by Crippen LogP contribution is -2.01. The summed E-state index contributed by atoms with van der Waals surface area (Å²) in [4.78, 5) is 11.6. The highest BCUT2D eigenvalue weighted by atomic mass is 35.5. The average Bonchev–Trinajstić information content (AvgIpc) is 3.03. The SMILES string of the molecule is O=[N+]([O-])c1cc2c(cc1NCc1ccc(Cl)s1)OCO2. The Kier molecular flexibility index (Phi) is 3.37. The van der Waals surface area contributed by atoms with Crippen molar-refractivity contribution in [1.82, 2.24) is 0 Å². The molecule has 0 unspecified atom stereocenters. The number of anilines is 1. The largest absolute Gasteiger partial charge is 0.454 e. The minimum atomic E-state index is -0.453. The topological polar surface area (TPSA) is 73.6 Å². The number of hydrogen-bond donors (Lipinski definition) is 1. The van der Waals surface area contributed by atoms with Gasteiger partial charge in [0.15, 0.2) is 11.5 Å². The van der Waals surface area contributed by atoms with Gasteiger partial charge in [-0.15, -0.1) is 11.3 Å². The van der Waals surface area contributed by atoms with Gasteiger partial charge in [0.25, 0.3) is 5.69 Å². The second-order valence-corrected chi connectivity index (χ2v) is 5.84. The van der Waals surface area contributed by atoms with Crippen LogP contribution < -0.4 is 14.8 Å². The summed E-state index contributed by atoms with van der Waals surface area (Å²) in [5, 5.41) is 14.1. The Labute approximate surface area is 123 Å². The molecule has 2 aromatic rings. The highest BCUT2D eigenvalue weighted by molar-refractivity contribution is 7.16. The molecule has 0 amide bonds. The van der Waals surface area contributed by atoms with Crippen molar-refractivity contribution in [3.8, 4) is 11.5 Å². The number of ether oxygens (including phenoxy) is 2. The third-order valence-corrected chi connectivity index (χ3v) is 4.00. The van der Waals surface area contributed by atoms with Gasteiger partial charge in [-0.3, -0.25) is 10.1 Å². The summed E-state index contributed by atoms with van der Waals surface area (Å²) in [5.74, 6) is 0.892. The van der Waals surface area contributed by atoms with Gasteiger partial charge in [0.1, 0.15) is 5.69 Å². The minimum absolute atomic E-state index is 0.0445. The normalized spacial score (nSPS) is 12.4. The molecule has 8 heteroatoms. The van der Waals surface area contributed by atoms with Crippen molar-refractivity contribution in [1.29, 1.82) is 0 Å². The average molecular weight is 313 g/mol. The first kappa shape index (κ1) is 13.0. The van der Waals surface area contributed by atoms with E-state index in [4.69, 9.17) is 21.1 Å². The van der Waals surface area contributed by atoms with Gasteiger partial charge in [-0.2, -0.15) is 0 Å². The van der Waals surface area contributed by atoms with Gasteiger partial charge < -0.3 is 14.8 Å². The van der Waals surface area contributed by atoms with Crippen LogP contribution in [0.1, 0.15) is 4.88 Å². The van der Waals surface area contributed by atoms with E-state index in [2.05, 4.69) is 5.32 Å². The Morgan fingerprint density at radius 1 is 1.35 bits per heavy atom. The van der Waals surface area contributed by atoms with Crippen LogP contribution in [-0.2, 0) is 6.54 Å². The van der Waals surface area contributed by atoms with Gasteiger partial charge in [0.2, 0.25) is 6.79 Å². The number of fused-ring (bicyclic) bond motifs is 1. The standard InChI is InChI=1S/C12H9ClN2O4S/c13-12-2-1-7(20-12)5-14-8-3-10-11(19-6-18-10)4-9(8)15(16)17/h1-4,14H,5-6H2. The molecule has 0 bridgehead atoms. The Balaban J connectivity index is 1.86. The van der Waals surface area contributed by atoms with E-state index in [1.54, 1.807) is 12.1 Å². The summed E-state index contributed by atoms with van der Waals surface area (Å²) >= 11 is 7.27. The van der Waals surface area contributed by atoms with Crippen molar-refractivity contribution in [2.24, 2.45) is 0 Å². The predicted octanol–water partition coefficient (Wildman–Crippen LogP) is 3.65. The Bertz CT molecular complexity index is 673. The number of halogens is 1. The molecule has 104 valence electrons. The zero-order chi connectivity index (χ0) is 14.1. The lowest BCUT2D eigenvalue weighted by Gasteiger charge is -2.07. The van der Waals surface area contributed by atoms with Crippen molar-refractivity contribution in [2.45, 2.75) is 6.54 Å². The molecular formula is C12H9ClN2O4S. The Morgan fingerprint density at radius 2 is 2.10 bits per heavy atom. The smallest absolute Gasteiger partial charge is 0.296 e. The summed E-state index contributed by atoms with van der Waals surface area (Å²) in [5.41, 5.74) is 0.348. The molecule has 0 spiro atoms. The molecule has 1 N–H and O–H groups in total. The van der Waals surface area contributed by atoms with Gasteiger partial charge in [0, 0.05) is 17.5 Å². The maximum atomic E-state index is 11.1. The van der Waals surface area contributed by atoms with Gasteiger partial charge in [-0.1, -0.05) is 11.6 Å². The summed E-state index contributed by atoms with van der Waals surface area (Å²) in [6.07, 6.45) is 0. The van der Waals surface area contributed by atoms with Gasteiger partial charge in [-0.25, -0.2) is 0 Å². The van der Waals surface area contributed by atoms with Crippen LogP contribution >= 0.6 is 22.9 Å². The maximum Gasteiger partial charge on any atom is 0.296 e. The number of benzene rings is 1. The maximum absolute atomic E-state index is 11.1. The number of hydrogen-bond acceptors (Lipinski definition) is 6. The number of rotatable bonds is 4. The van der Waals surface area contributed by atoms with E-state index in [0.29, 0.717) is 28.1 Å². The second-order valence-electron chi connectivity index (χ2n) is 4.04. The molecule has 0 radical (unpaired) electrons. The predicted molar refractivity (Wildman–Crippen MR) is 75.9 cm³/mol. The second kappa shape index (κ2) is 5.18. The number of thiophene rings is 1. The Morgan fingerprint density at radius 3 is 2.75 bits per heavy atom. The summed E-state index contributed by atoms with van der Waals surface area (Å²) in [6.45, 7) is 0.536. The lowest BCUT2D eigenvalue weighted by atomic mass is 10.2. The summed E-state index contributed by atoms with van der Waals surface area (Å²) in [7, 11) is 0. The molecule has 3 rings (SSSR count). The minimum Gasteiger partial charge on any atom is -0.454 e. The van der Waals surface area contributed by atoms with Crippen molar-refractivity contribution >= 4 is 34.3 Å². The molecule has 0 saturated carbocycles. The van der Waals surface area contributed by atoms with Crippen molar-refractivity contribution in [3.05, 3.63) is 43.6 Å². The summed E-state index contributed by atoms with van der Waals surface area (Å²) < 4.78 is 11.0. The van der Waals surface area contributed by atoms with Crippen LogP contribution in [0.3, 0.4) is 0 Å². The van der Waals surface area contributed by atoms with Gasteiger partial charge >= 0.3 is 0 Å². The molecule has 0 atom stereocenters. The fraction of sp³-hybridized carbons (Fsp3) is 0.167. The van der Waals surface area contributed by atoms with E-state index >= 15 is 0 Å². The van der Waals surface area contributed by atoms with Crippen LogP contribution in [0.25, 0.3) is 0 Å². The lowest BCUT2D eigenvalue weighted by molar-refractivity contribution is -0.384. The van der Waals surface area contributed by atoms with E-state index in [9.17, 15) is 10.1 Å². The van der Waals surface area contributed by atoms with Crippen LogP contribution in [-0.4, -0.2) is 11.7 Å². The third-order valence-electron chi connectivity index (χ3n) is 2.77. The molecule has 1 aliphatic heterocycles. The third kappa shape index (κ3) is 2.50. The summed E-state index contributed by atoms with van der Waals surface area (Å²) in [6, 6.07) is 6.61. The van der Waals surface area contributed by atoms with Gasteiger partial charge in [-0.05, 0) is 12.1 Å². The van der Waals surface area contributed by atoms with Crippen LogP contribution in [0.2, 0.25) is 4.34 Å². The molecule has 1 aromatic heterocycles. The van der Waals surface area contributed by atoms with Crippen molar-refractivity contribution < 1.29 is 14.4 Å². The first-order chi connectivity index (χ1) is 9.63. The molecule has 1 aromatic carbocycles. The van der Waals surface area contributed by atoms with Crippen LogP contribution in [0.4, 0.5) is 11.4 Å². The van der Waals surface area contributed by atoms with E-state index in [1.807, 2.05) is 6.07 Å². The van der Waals surface area contributed by atoms with Crippen molar-refractivity contribution in [3.63, 3.8) is 0 Å². The molecule has 2 heterocycles. The van der Waals surface area contributed by atoms with Crippen LogP contribution in [0.5, 0.6) is 11.5 Å². The zero-order valence-corrected chi connectivity index (χ0v) is 11.7.